The molecule has 0 aliphatic heterocycles. The molecule has 0 unspecified atom stereocenters. The number of carbonyl (C=O) groups excluding carboxylic acids is 1. The van der Waals surface area contributed by atoms with Crippen LogP contribution in [0.15, 0.2) is 6.07 Å². The zero-order chi connectivity index (χ0) is 15.5. The largest absolute Gasteiger partial charge is 0.462 e. The van der Waals surface area contributed by atoms with E-state index in [-0.39, 0.29) is 12.2 Å². The molecule has 20 heavy (non-hydrogen) atoms. The van der Waals surface area contributed by atoms with Gasteiger partial charge in [0.15, 0.2) is 5.69 Å². The molecule has 0 fully saturated rings. The lowest BCUT2D eigenvalue weighted by Gasteiger charge is -2.16. The second-order valence-corrected chi connectivity index (χ2v) is 3.65. The van der Waals surface area contributed by atoms with Crippen LogP contribution in [0.4, 0.5) is 22.0 Å². The molecular formula is C11H11F5N2O2. The van der Waals surface area contributed by atoms with Crippen molar-refractivity contribution in [3.05, 3.63) is 28.6 Å². The summed E-state index contributed by atoms with van der Waals surface area (Å²) in [5.74, 6) is -1.30. The fraction of sp³-hybridized carbons (Fsp3) is 0.455. The van der Waals surface area contributed by atoms with E-state index >= 15 is 0 Å². The van der Waals surface area contributed by atoms with E-state index in [1.165, 1.54) is 6.92 Å². The third-order valence-corrected chi connectivity index (χ3v) is 2.31. The SMILES string of the molecule is CCOC(=O)c1c(CN)cc(C(F)F)nc1C(F)(F)F. The van der Waals surface area contributed by atoms with Gasteiger partial charge in [-0.1, -0.05) is 0 Å². The standard InChI is InChI=1S/C11H11F5N2O2/c1-2-20-10(19)7-5(4-17)3-6(9(12)13)18-8(7)11(14,15)16/h3,9H,2,4,17H2,1H3. The van der Waals surface area contributed by atoms with E-state index in [0.717, 1.165) is 0 Å². The normalized spacial score (nSPS) is 11.8. The molecule has 0 atom stereocenters. The van der Waals surface area contributed by atoms with Crippen molar-refractivity contribution in [3.63, 3.8) is 0 Å². The van der Waals surface area contributed by atoms with E-state index in [1.54, 1.807) is 0 Å². The average molecular weight is 298 g/mol. The summed E-state index contributed by atoms with van der Waals surface area (Å²) in [4.78, 5) is 14.4. The molecule has 0 radical (unpaired) electrons. The molecule has 1 rings (SSSR count). The van der Waals surface area contributed by atoms with Crippen LogP contribution in [-0.2, 0) is 17.5 Å². The number of aromatic nitrogens is 1. The van der Waals surface area contributed by atoms with Crippen LogP contribution >= 0.6 is 0 Å². The second-order valence-electron chi connectivity index (χ2n) is 3.65. The number of hydrogen-bond acceptors (Lipinski definition) is 4. The minimum atomic E-state index is -5.07. The Balaban J connectivity index is 3.57. The number of pyridine rings is 1. The lowest BCUT2D eigenvalue weighted by atomic mass is 10.0. The maximum absolute atomic E-state index is 12.9. The van der Waals surface area contributed by atoms with Crippen LogP contribution in [0.25, 0.3) is 0 Å². The molecule has 0 saturated heterocycles. The summed E-state index contributed by atoms with van der Waals surface area (Å²) in [6, 6.07) is 0.673. The van der Waals surface area contributed by atoms with E-state index < -0.39 is 42.1 Å². The lowest BCUT2D eigenvalue weighted by Crippen LogP contribution is -2.22. The van der Waals surface area contributed by atoms with Gasteiger partial charge in [0.05, 0.1) is 12.2 Å². The van der Waals surface area contributed by atoms with E-state index in [4.69, 9.17) is 5.73 Å². The van der Waals surface area contributed by atoms with Crippen LogP contribution in [0.1, 0.15) is 40.7 Å². The first-order valence-corrected chi connectivity index (χ1v) is 5.48. The van der Waals surface area contributed by atoms with Gasteiger partial charge < -0.3 is 10.5 Å². The highest BCUT2D eigenvalue weighted by Crippen LogP contribution is 2.34. The third-order valence-electron chi connectivity index (χ3n) is 2.31. The van der Waals surface area contributed by atoms with E-state index in [1.807, 2.05) is 0 Å². The van der Waals surface area contributed by atoms with Gasteiger partial charge in [0.25, 0.3) is 6.43 Å². The van der Waals surface area contributed by atoms with Crippen molar-refractivity contribution in [2.24, 2.45) is 5.73 Å². The highest BCUT2D eigenvalue weighted by Gasteiger charge is 2.40. The Hall–Kier alpha value is -1.77. The third kappa shape index (κ3) is 3.41. The first kappa shape index (κ1) is 16.3. The predicted molar refractivity (Wildman–Crippen MR) is 58.0 cm³/mol. The van der Waals surface area contributed by atoms with E-state index in [2.05, 4.69) is 9.72 Å². The second kappa shape index (κ2) is 6.12. The highest BCUT2D eigenvalue weighted by atomic mass is 19.4. The zero-order valence-electron chi connectivity index (χ0n) is 10.3. The fourth-order valence-corrected chi connectivity index (χ4v) is 1.53. The summed E-state index contributed by atoms with van der Waals surface area (Å²) in [5, 5.41) is 0. The molecule has 0 aliphatic rings. The molecule has 0 saturated carbocycles. The van der Waals surface area contributed by atoms with Gasteiger partial charge in [-0.2, -0.15) is 13.2 Å². The molecule has 0 aliphatic carbocycles. The molecule has 0 spiro atoms. The maximum Gasteiger partial charge on any atom is 0.434 e. The molecule has 0 aromatic carbocycles. The number of esters is 1. The van der Waals surface area contributed by atoms with Crippen LogP contribution in [0.5, 0.6) is 0 Å². The van der Waals surface area contributed by atoms with Crippen molar-refractivity contribution < 1.29 is 31.5 Å². The molecule has 9 heteroatoms. The van der Waals surface area contributed by atoms with Crippen LogP contribution in [-0.4, -0.2) is 17.6 Å². The van der Waals surface area contributed by atoms with Gasteiger partial charge in [0.1, 0.15) is 5.69 Å². The Bertz CT molecular complexity index is 502. The molecule has 1 aromatic heterocycles. The number of rotatable bonds is 4. The van der Waals surface area contributed by atoms with E-state index in [9.17, 15) is 26.7 Å². The van der Waals surface area contributed by atoms with Gasteiger partial charge in [0, 0.05) is 6.54 Å². The smallest absolute Gasteiger partial charge is 0.434 e. The van der Waals surface area contributed by atoms with Gasteiger partial charge in [-0.3, -0.25) is 0 Å². The Morgan fingerprint density at radius 3 is 2.45 bits per heavy atom. The van der Waals surface area contributed by atoms with Gasteiger partial charge >= 0.3 is 12.1 Å². The number of alkyl halides is 5. The first-order chi connectivity index (χ1) is 9.22. The van der Waals surface area contributed by atoms with Crippen LogP contribution in [0.2, 0.25) is 0 Å². The molecule has 112 valence electrons. The van der Waals surface area contributed by atoms with Crippen molar-refractivity contribution in [2.75, 3.05) is 6.61 Å². The highest BCUT2D eigenvalue weighted by molar-refractivity contribution is 5.92. The minimum Gasteiger partial charge on any atom is -0.462 e. The topological polar surface area (TPSA) is 65.2 Å². The van der Waals surface area contributed by atoms with Crippen LogP contribution < -0.4 is 5.73 Å². The van der Waals surface area contributed by atoms with Crippen molar-refractivity contribution in [2.45, 2.75) is 26.1 Å². The molecule has 1 heterocycles. The summed E-state index contributed by atoms with van der Waals surface area (Å²) in [7, 11) is 0. The number of carbonyl (C=O) groups is 1. The van der Waals surface area contributed by atoms with Crippen LogP contribution in [0, 0.1) is 0 Å². The number of hydrogen-bond donors (Lipinski definition) is 1. The number of nitrogens with zero attached hydrogens (tertiary/aromatic N) is 1. The van der Waals surface area contributed by atoms with Crippen molar-refractivity contribution in [1.82, 2.24) is 4.98 Å². The number of halogens is 5. The monoisotopic (exact) mass is 298 g/mol. The summed E-state index contributed by atoms with van der Waals surface area (Å²) in [6.07, 6.45) is -8.28. The molecule has 2 N–H and O–H groups in total. The Labute approximate surface area is 110 Å². The average Bonchev–Trinajstić information content (AvgIpc) is 2.36. The predicted octanol–water partition coefficient (Wildman–Crippen LogP) is 2.67. The molecular weight excluding hydrogens is 287 g/mol. The molecule has 0 amide bonds. The Morgan fingerprint density at radius 1 is 1.45 bits per heavy atom. The minimum absolute atomic E-state index is 0.170. The summed E-state index contributed by atoms with van der Waals surface area (Å²) >= 11 is 0. The fourth-order valence-electron chi connectivity index (χ4n) is 1.53. The van der Waals surface area contributed by atoms with Crippen LogP contribution in [0.3, 0.4) is 0 Å². The zero-order valence-corrected chi connectivity index (χ0v) is 10.3. The quantitative estimate of drug-likeness (QED) is 0.685. The number of nitrogens with two attached hydrogens (primary N) is 1. The van der Waals surface area contributed by atoms with Crippen molar-refractivity contribution in [1.29, 1.82) is 0 Å². The van der Waals surface area contributed by atoms with E-state index in [0.29, 0.717) is 6.07 Å². The van der Waals surface area contributed by atoms with Crippen molar-refractivity contribution in [3.8, 4) is 0 Å². The van der Waals surface area contributed by atoms with Gasteiger partial charge in [0.2, 0.25) is 0 Å². The Kier molecular flexibility index (Phi) is 4.98. The lowest BCUT2D eigenvalue weighted by molar-refractivity contribution is -0.142. The Morgan fingerprint density at radius 2 is 2.05 bits per heavy atom. The number of ether oxygens (including phenoxy) is 1. The maximum atomic E-state index is 12.9. The van der Waals surface area contributed by atoms with Gasteiger partial charge in [-0.25, -0.2) is 18.6 Å². The summed E-state index contributed by atoms with van der Waals surface area (Å²) < 4.78 is 68.1. The summed E-state index contributed by atoms with van der Waals surface area (Å²) in [6.45, 7) is 0.699. The molecule has 4 nitrogen and oxygen atoms in total. The van der Waals surface area contributed by atoms with Gasteiger partial charge in [-0.05, 0) is 18.6 Å². The first-order valence-electron chi connectivity index (χ1n) is 5.48. The summed E-state index contributed by atoms with van der Waals surface area (Å²) in [5.41, 5.74) is 1.10. The molecule has 1 aromatic rings. The van der Waals surface area contributed by atoms with Crippen molar-refractivity contribution >= 4 is 5.97 Å². The molecule has 0 bridgehead atoms. The van der Waals surface area contributed by atoms with Gasteiger partial charge in [-0.15, -0.1) is 0 Å².